The van der Waals surface area contributed by atoms with Crippen molar-refractivity contribution in [2.24, 2.45) is 0 Å². The van der Waals surface area contributed by atoms with Crippen LogP contribution in [0.1, 0.15) is 15.9 Å². The average Bonchev–Trinajstić information content (AvgIpc) is 2.38. The monoisotopic (exact) mass is 264 g/mol. The Balaban J connectivity index is 2.23. The fraction of sp³-hybridized carbons (Fsp3) is 0.0769. The van der Waals surface area contributed by atoms with Gasteiger partial charge in [0.1, 0.15) is 12.5 Å². The largest absolute Gasteiger partial charge is 0.329 e. The summed E-state index contributed by atoms with van der Waals surface area (Å²) in [6.07, 6.45) is 1.36. The number of pyridine rings is 1. The second kappa shape index (κ2) is 5.43. The minimum atomic E-state index is -0.808. The van der Waals surface area contributed by atoms with E-state index >= 15 is 0 Å². The van der Waals surface area contributed by atoms with E-state index in [9.17, 15) is 18.4 Å². The van der Waals surface area contributed by atoms with Gasteiger partial charge in [0.05, 0.1) is 5.56 Å². The number of carbonyl (C=O) groups excluding carboxylic acids is 1. The molecule has 0 fully saturated rings. The average molecular weight is 264 g/mol. The first-order valence-electron chi connectivity index (χ1n) is 5.44. The molecule has 1 aromatic carbocycles. The molecule has 1 heterocycles. The Morgan fingerprint density at radius 1 is 1.26 bits per heavy atom. The summed E-state index contributed by atoms with van der Waals surface area (Å²) in [5.74, 6) is -1.51. The minimum Gasteiger partial charge on any atom is -0.329 e. The van der Waals surface area contributed by atoms with E-state index in [2.05, 4.69) is 10.3 Å². The molecule has 0 saturated heterocycles. The number of aromatic nitrogens is 1. The number of H-pyrrole nitrogens is 1. The summed E-state index contributed by atoms with van der Waals surface area (Å²) >= 11 is 0. The van der Waals surface area contributed by atoms with Gasteiger partial charge in [0, 0.05) is 18.0 Å². The van der Waals surface area contributed by atoms with E-state index in [1.54, 1.807) is 0 Å². The molecule has 0 aliphatic carbocycles. The van der Waals surface area contributed by atoms with Crippen molar-refractivity contribution in [3.8, 4) is 0 Å². The van der Waals surface area contributed by atoms with E-state index < -0.39 is 18.4 Å². The van der Waals surface area contributed by atoms with Crippen molar-refractivity contribution in [2.45, 2.75) is 6.67 Å². The first kappa shape index (κ1) is 12.9. The van der Waals surface area contributed by atoms with Crippen LogP contribution in [0.2, 0.25) is 0 Å². The number of anilines is 1. The van der Waals surface area contributed by atoms with Crippen LogP contribution in [0.15, 0.2) is 41.3 Å². The van der Waals surface area contributed by atoms with Gasteiger partial charge in [-0.3, -0.25) is 9.59 Å². The molecular formula is C13H10F2N2O2. The van der Waals surface area contributed by atoms with Crippen LogP contribution < -0.4 is 10.9 Å². The van der Waals surface area contributed by atoms with Gasteiger partial charge in [0.25, 0.3) is 5.91 Å². The zero-order valence-electron chi connectivity index (χ0n) is 9.74. The molecule has 19 heavy (non-hydrogen) atoms. The smallest absolute Gasteiger partial charge is 0.258 e. The standard InChI is InChI=1S/C13H10F2N2O2/c14-7-8-1-2-10(11(15)5-8)13(19)17-9-3-4-16-12(18)6-9/h1-6H,7H2,(H2,16,17,18,19). The summed E-state index contributed by atoms with van der Waals surface area (Å²) in [6, 6.07) is 6.13. The van der Waals surface area contributed by atoms with Crippen LogP contribution >= 0.6 is 0 Å². The number of hydrogen-bond donors (Lipinski definition) is 2. The number of aromatic amines is 1. The molecule has 0 bridgehead atoms. The molecule has 0 atom stereocenters. The predicted molar refractivity (Wildman–Crippen MR) is 66.2 cm³/mol. The summed E-state index contributed by atoms with van der Waals surface area (Å²) in [5.41, 5.74) is -0.184. The first-order valence-corrected chi connectivity index (χ1v) is 5.44. The van der Waals surface area contributed by atoms with Crippen LogP contribution in [0.3, 0.4) is 0 Å². The number of hydrogen-bond acceptors (Lipinski definition) is 2. The lowest BCUT2D eigenvalue weighted by molar-refractivity contribution is 0.102. The van der Waals surface area contributed by atoms with Crippen LogP contribution in [0.4, 0.5) is 14.5 Å². The molecule has 2 rings (SSSR count). The summed E-state index contributed by atoms with van der Waals surface area (Å²) in [6.45, 7) is -0.799. The van der Waals surface area contributed by atoms with Crippen LogP contribution in [0, 0.1) is 5.82 Å². The normalized spacial score (nSPS) is 10.2. The van der Waals surface area contributed by atoms with Crippen molar-refractivity contribution >= 4 is 11.6 Å². The van der Waals surface area contributed by atoms with Crippen LogP contribution in [-0.4, -0.2) is 10.9 Å². The highest BCUT2D eigenvalue weighted by Crippen LogP contribution is 2.13. The Hall–Kier alpha value is -2.50. The molecule has 1 amide bonds. The number of carbonyl (C=O) groups is 1. The van der Waals surface area contributed by atoms with E-state index in [-0.39, 0.29) is 22.4 Å². The summed E-state index contributed by atoms with van der Waals surface area (Å²) in [5, 5.41) is 2.38. The molecule has 0 saturated carbocycles. The maximum atomic E-state index is 13.6. The number of halogens is 2. The minimum absolute atomic E-state index is 0.158. The predicted octanol–water partition coefficient (Wildman–Crippen LogP) is 2.24. The Labute approximate surface area is 107 Å². The van der Waals surface area contributed by atoms with Crippen LogP contribution in [0.25, 0.3) is 0 Å². The van der Waals surface area contributed by atoms with Crippen molar-refractivity contribution in [1.82, 2.24) is 4.98 Å². The van der Waals surface area contributed by atoms with Gasteiger partial charge in [-0.05, 0) is 23.8 Å². The first-order chi connectivity index (χ1) is 9.10. The third kappa shape index (κ3) is 3.04. The van der Waals surface area contributed by atoms with Gasteiger partial charge in [-0.15, -0.1) is 0 Å². The Kier molecular flexibility index (Phi) is 3.70. The molecular weight excluding hydrogens is 254 g/mol. The van der Waals surface area contributed by atoms with Gasteiger partial charge in [0.15, 0.2) is 0 Å². The second-order valence-corrected chi connectivity index (χ2v) is 3.84. The number of rotatable bonds is 3. The molecule has 4 nitrogen and oxygen atoms in total. The number of alkyl halides is 1. The zero-order valence-corrected chi connectivity index (χ0v) is 9.74. The second-order valence-electron chi connectivity index (χ2n) is 3.84. The Bertz CT molecular complexity index is 668. The van der Waals surface area contributed by atoms with E-state index in [4.69, 9.17) is 0 Å². The molecule has 2 aromatic rings. The van der Waals surface area contributed by atoms with Crippen LogP contribution in [-0.2, 0) is 6.67 Å². The topological polar surface area (TPSA) is 62.0 Å². The molecule has 0 unspecified atom stereocenters. The maximum absolute atomic E-state index is 13.6. The molecule has 0 aliphatic heterocycles. The van der Waals surface area contributed by atoms with E-state index in [0.29, 0.717) is 0 Å². The van der Waals surface area contributed by atoms with E-state index in [0.717, 1.165) is 6.07 Å². The molecule has 1 aromatic heterocycles. The number of amides is 1. The van der Waals surface area contributed by atoms with Gasteiger partial charge in [-0.1, -0.05) is 6.07 Å². The lowest BCUT2D eigenvalue weighted by Gasteiger charge is -2.06. The number of benzene rings is 1. The SMILES string of the molecule is O=C(Nc1cc[nH]c(=O)c1)c1ccc(CF)cc1F. The molecule has 0 aliphatic rings. The third-order valence-electron chi connectivity index (χ3n) is 2.47. The van der Waals surface area contributed by atoms with E-state index in [1.807, 2.05) is 0 Å². The molecule has 6 heteroatoms. The maximum Gasteiger partial charge on any atom is 0.258 e. The highest BCUT2D eigenvalue weighted by Gasteiger charge is 2.12. The Morgan fingerprint density at radius 2 is 2.05 bits per heavy atom. The lowest BCUT2D eigenvalue weighted by atomic mass is 10.1. The third-order valence-corrected chi connectivity index (χ3v) is 2.47. The summed E-state index contributed by atoms with van der Waals surface area (Å²) in [7, 11) is 0. The molecule has 0 radical (unpaired) electrons. The van der Waals surface area contributed by atoms with Crippen molar-refractivity contribution in [3.63, 3.8) is 0 Å². The quantitative estimate of drug-likeness (QED) is 0.893. The van der Waals surface area contributed by atoms with Crippen LogP contribution in [0.5, 0.6) is 0 Å². The summed E-state index contributed by atoms with van der Waals surface area (Å²) in [4.78, 5) is 25.2. The highest BCUT2D eigenvalue weighted by molar-refractivity contribution is 6.04. The fourth-order valence-corrected chi connectivity index (χ4v) is 1.55. The van der Waals surface area contributed by atoms with Crippen molar-refractivity contribution < 1.29 is 13.6 Å². The van der Waals surface area contributed by atoms with Gasteiger partial charge in [-0.2, -0.15) is 0 Å². The van der Waals surface area contributed by atoms with Crippen molar-refractivity contribution in [3.05, 3.63) is 63.8 Å². The summed E-state index contributed by atoms with van der Waals surface area (Å²) < 4.78 is 25.9. The number of nitrogens with one attached hydrogen (secondary N) is 2. The van der Waals surface area contributed by atoms with Gasteiger partial charge < -0.3 is 10.3 Å². The fourth-order valence-electron chi connectivity index (χ4n) is 1.55. The highest BCUT2D eigenvalue weighted by atomic mass is 19.1. The van der Waals surface area contributed by atoms with Crippen molar-refractivity contribution in [1.29, 1.82) is 0 Å². The molecule has 2 N–H and O–H groups in total. The van der Waals surface area contributed by atoms with Gasteiger partial charge >= 0.3 is 0 Å². The molecule has 98 valence electrons. The Morgan fingerprint density at radius 3 is 2.68 bits per heavy atom. The molecule has 0 spiro atoms. The van der Waals surface area contributed by atoms with E-state index in [1.165, 1.54) is 30.5 Å². The zero-order chi connectivity index (χ0) is 13.8. The van der Waals surface area contributed by atoms with Crippen molar-refractivity contribution in [2.75, 3.05) is 5.32 Å². The lowest BCUT2D eigenvalue weighted by Crippen LogP contribution is -2.15. The van der Waals surface area contributed by atoms with Gasteiger partial charge in [-0.25, -0.2) is 8.78 Å². The van der Waals surface area contributed by atoms with Gasteiger partial charge in [0.2, 0.25) is 5.56 Å².